The second kappa shape index (κ2) is 13.1. The zero-order chi connectivity index (χ0) is 36.2. The first-order chi connectivity index (χ1) is 26.5. The van der Waals surface area contributed by atoms with Crippen molar-refractivity contribution in [3.63, 3.8) is 0 Å². The minimum absolute atomic E-state index is 0.295. The first kappa shape index (κ1) is 32.6. The lowest BCUT2D eigenvalue weighted by Gasteiger charge is -2.38. The number of rotatable bonds is 6. The largest absolute Gasteiger partial charge is 0.264 e. The van der Waals surface area contributed by atoms with E-state index in [-0.39, 0.29) is 0 Å². The summed E-state index contributed by atoms with van der Waals surface area (Å²) in [5, 5.41) is 11.6. The van der Waals surface area contributed by atoms with E-state index in [0.717, 1.165) is 45.0 Å². The van der Waals surface area contributed by atoms with E-state index in [2.05, 4.69) is 115 Å². The molecule has 0 aliphatic heterocycles. The SMILES string of the molecule is CC1(c2ccc(-c3ccc(-c4nc(-c5ccc(-c6ccc(C#N)cc6)cc5)nc(-c5ccc6c(c5)sc5ccncc56)n4)cc3)cc2)C[C@H]2CC[C@@H](C2)C1. The number of pyridine rings is 1. The van der Waals surface area contributed by atoms with Gasteiger partial charge in [0.05, 0.1) is 11.6 Å². The molecule has 0 amide bonds. The molecule has 6 heteroatoms. The quantitative estimate of drug-likeness (QED) is 0.171. The molecule has 260 valence electrons. The second-order valence-corrected chi connectivity index (χ2v) is 16.5. The number of hydrogen-bond donors (Lipinski definition) is 0. The van der Waals surface area contributed by atoms with Gasteiger partial charge < -0.3 is 0 Å². The second-order valence-electron chi connectivity index (χ2n) is 15.4. The normalized spacial score (nSPS) is 19.3. The van der Waals surface area contributed by atoms with E-state index in [1.807, 2.05) is 36.7 Å². The summed E-state index contributed by atoms with van der Waals surface area (Å²) in [6.45, 7) is 2.49. The fraction of sp³-hybridized carbons (Fsp3) is 0.188. The highest BCUT2D eigenvalue weighted by Gasteiger charge is 2.41. The summed E-state index contributed by atoms with van der Waals surface area (Å²) in [6, 6.07) is 44.6. The van der Waals surface area contributed by atoms with Crippen molar-refractivity contribution in [2.75, 3.05) is 0 Å². The Bertz CT molecular complexity index is 2690. The summed E-state index contributed by atoms with van der Waals surface area (Å²) >= 11 is 1.76. The maximum Gasteiger partial charge on any atom is 0.164 e. The van der Waals surface area contributed by atoms with E-state index in [1.54, 1.807) is 11.3 Å². The highest BCUT2D eigenvalue weighted by atomic mass is 32.1. The number of hydrogen-bond acceptors (Lipinski definition) is 6. The number of nitriles is 1. The highest BCUT2D eigenvalue weighted by molar-refractivity contribution is 7.25. The Balaban J connectivity index is 0.996. The van der Waals surface area contributed by atoms with E-state index in [4.69, 9.17) is 15.0 Å². The van der Waals surface area contributed by atoms with E-state index in [0.29, 0.717) is 28.5 Å². The fourth-order valence-electron chi connectivity index (χ4n) is 9.09. The predicted molar refractivity (Wildman–Crippen MR) is 220 cm³/mol. The number of thiophene rings is 1. The Hall–Kier alpha value is -6.03. The fourth-order valence-corrected chi connectivity index (χ4v) is 10.2. The molecule has 0 saturated heterocycles. The first-order valence-electron chi connectivity index (χ1n) is 18.8. The predicted octanol–water partition coefficient (Wildman–Crippen LogP) is 12.3. The molecule has 2 atom stereocenters. The average molecular weight is 716 g/mol. The van der Waals surface area contributed by atoms with Gasteiger partial charge in [0.15, 0.2) is 17.5 Å². The van der Waals surface area contributed by atoms with Crippen molar-refractivity contribution < 1.29 is 0 Å². The van der Waals surface area contributed by atoms with Gasteiger partial charge in [-0.1, -0.05) is 117 Å². The molecule has 2 bridgehead atoms. The molecule has 3 heterocycles. The van der Waals surface area contributed by atoms with Crippen molar-refractivity contribution in [3.8, 4) is 62.5 Å². The van der Waals surface area contributed by atoms with Crippen molar-refractivity contribution >= 4 is 31.5 Å². The Morgan fingerprint density at radius 3 is 1.65 bits per heavy atom. The van der Waals surface area contributed by atoms with Crippen LogP contribution < -0.4 is 0 Å². The highest BCUT2D eigenvalue weighted by Crippen LogP contribution is 2.51. The summed E-state index contributed by atoms with van der Waals surface area (Å²) in [7, 11) is 0. The van der Waals surface area contributed by atoms with Crippen molar-refractivity contribution in [2.24, 2.45) is 11.8 Å². The molecule has 5 nitrogen and oxygen atoms in total. The Morgan fingerprint density at radius 1 is 0.574 bits per heavy atom. The maximum absolute atomic E-state index is 9.22. The van der Waals surface area contributed by atoms with Gasteiger partial charge in [-0.2, -0.15) is 5.26 Å². The molecule has 10 rings (SSSR count). The van der Waals surface area contributed by atoms with Gasteiger partial charge in [-0.05, 0) is 88.6 Å². The zero-order valence-corrected chi connectivity index (χ0v) is 30.9. The Morgan fingerprint density at radius 2 is 1.07 bits per heavy atom. The molecule has 0 unspecified atom stereocenters. The molecule has 0 spiro atoms. The third kappa shape index (κ3) is 5.95. The minimum Gasteiger partial charge on any atom is -0.264 e. The summed E-state index contributed by atoms with van der Waals surface area (Å²) in [4.78, 5) is 19.5. The lowest BCUT2D eigenvalue weighted by Crippen LogP contribution is -2.30. The number of nitrogens with zero attached hydrogens (tertiary/aromatic N) is 5. The lowest BCUT2D eigenvalue weighted by molar-refractivity contribution is 0.232. The van der Waals surface area contributed by atoms with Gasteiger partial charge in [0.25, 0.3) is 0 Å². The molecule has 0 N–H and O–H groups in total. The Labute approximate surface area is 319 Å². The number of benzene rings is 5. The van der Waals surface area contributed by atoms with Crippen molar-refractivity contribution in [2.45, 2.75) is 44.4 Å². The van der Waals surface area contributed by atoms with Crippen LogP contribution in [0, 0.1) is 23.2 Å². The van der Waals surface area contributed by atoms with Crippen LogP contribution in [-0.2, 0) is 5.41 Å². The van der Waals surface area contributed by atoms with Crippen LogP contribution >= 0.6 is 11.3 Å². The van der Waals surface area contributed by atoms with Gasteiger partial charge in [0.1, 0.15) is 0 Å². The smallest absolute Gasteiger partial charge is 0.164 e. The molecule has 2 saturated carbocycles. The standard InChI is InChI=1S/C48H37N5S/c1-48(26-31-2-3-32(24-31)27-48)40-19-16-36(17-20-40)35-10-14-38(15-11-35)46-51-45(37-12-8-34(9-13-37)33-6-4-30(28-49)5-7-33)52-47(53-46)39-18-21-41-42-29-50-23-22-43(42)54-44(41)25-39/h4-23,25,29,31-32H,2-3,24,26-27H2,1H3/t31-,32-/m0/s1. The van der Waals surface area contributed by atoms with Crippen LogP contribution in [0.25, 0.3) is 76.6 Å². The van der Waals surface area contributed by atoms with Crippen molar-refractivity contribution in [1.82, 2.24) is 19.9 Å². The number of fused-ring (bicyclic) bond motifs is 5. The summed E-state index contributed by atoms with van der Waals surface area (Å²) in [5.41, 5.74) is 9.72. The van der Waals surface area contributed by atoms with Crippen LogP contribution in [0.4, 0.5) is 0 Å². The molecule has 2 aliphatic rings. The van der Waals surface area contributed by atoms with Gasteiger partial charge >= 0.3 is 0 Å². The molecule has 8 aromatic rings. The first-order valence-corrected chi connectivity index (χ1v) is 19.6. The topological polar surface area (TPSA) is 75.3 Å². The third-order valence-corrected chi connectivity index (χ3v) is 13.0. The average Bonchev–Trinajstić information content (AvgIpc) is 3.79. The van der Waals surface area contributed by atoms with E-state index >= 15 is 0 Å². The molecule has 54 heavy (non-hydrogen) atoms. The van der Waals surface area contributed by atoms with Crippen LogP contribution in [0.1, 0.15) is 50.2 Å². The molecule has 2 aliphatic carbocycles. The van der Waals surface area contributed by atoms with E-state index < -0.39 is 0 Å². The van der Waals surface area contributed by atoms with Gasteiger partial charge in [-0.25, -0.2) is 15.0 Å². The molecule has 0 radical (unpaired) electrons. The molecular formula is C48H37N5S. The minimum atomic E-state index is 0.295. The molecule has 3 aromatic heterocycles. The summed E-state index contributed by atoms with van der Waals surface area (Å²) in [6.07, 6.45) is 10.7. The van der Waals surface area contributed by atoms with Gasteiger partial charge in [0.2, 0.25) is 0 Å². The monoisotopic (exact) mass is 715 g/mol. The van der Waals surface area contributed by atoms with Crippen molar-refractivity contribution in [1.29, 1.82) is 5.26 Å². The van der Waals surface area contributed by atoms with Crippen LogP contribution in [0.15, 0.2) is 134 Å². The Kier molecular flexibility index (Phi) is 7.92. The van der Waals surface area contributed by atoms with Crippen LogP contribution in [0.3, 0.4) is 0 Å². The molecular weight excluding hydrogens is 679 g/mol. The maximum atomic E-state index is 9.22. The molecule has 5 aromatic carbocycles. The van der Waals surface area contributed by atoms with Crippen LogP contribution in [-0.4, -0.2) is 19.9 Å². The van der Waals surface area contributed by atoms with Crippen LogP contribution in [0.5, 0.6) is 0 Å². The van der Waals surface area contributed by atoms with Gasteiger partial charge in [-0.15, -0.1) is 11.3 Å². The van der Waals surface area contributed by atoms with Crippen molar-refractivity contribution in [3.05, 3.63) is 145 Å². The summed E-state index contributed by atoms with van der Waals surface area (Å²) in [5.74, 6) is 3.69. The van der Waals surface area contributed by atoms with E-state index in [9.17, 15) is 5.26 Å². The number of aromatic nitrogens is 4. The lowest BCUT2D eigenvalue weighted by atomic mass is 9.66. The zero-order valence-electron chi connectivity index (χ0n) is 30.0. The van der Waals surface area contributed by atoms with Gasteiger partial charge in [0, 0.05) is 49.3 Å². The molecule has 2 fully saturated rings. The van der Waals surface area contributed by atoms with E-state index in [1.165, 1.54) is 63.6 Å². The summed E-state index contributed by atoms with van der Waals surface area (Å²) < 4.78 is 2.38. The van der Waals surface area contributed by atoms with Crippen LogP contribution in [0.2, 0.25) is 0 Å². The van der Waals surface area contributed by atoms with Gasteiger partial charge in [-0.3, -0.25) is 4.98 Å². The third-order valence-electron chi connectivity index (χ3n) is 11.8.